The van der Waals surface area contributed by atoms with Crippen LogP contribution in [0, 0.1) is 5.82 Å². The number of aromatic hydroxyl groups is 1. The lowest BCUT2D eigenvalue weighted by atomic mass is 10.1. The van der Waals surface area contributed by atoms with E-state index < -0.39 is 17.8 Å². The van der Waals surface area contributed by atoms with Gasteiger partial charge in [-0.25, -0.2) is 9.18 Å². The molecule has 0 radical (unpaired) electrons. The standard InChI is InChI=1S/C14H11ClFNO3/c15-11-3-1-2-4-12(11)17-13(14(19)20)8-5-9(16)7-10(18)6-8/h1-7,13,17-18H,(H,19,20). The van der Waals surface area contributed by atoms with Gasteiger partial charge >= 0.3 is 5.97 Å². The van der Waals surface area contributed by atoms with Crippen molar-refractivity contribution in [3.8, 4) is 5.75 Å². The molecule has 0 saturated carbocycles. The van der Waals surface area contributed by atoms with E-state index in [0.717, 1.165) is 12.1 Å². The number of anilines is 1. The van der Waals surface area contributed by atoms with E-state index in [1.54, 1.807) is 24.3 Å². The summed E-state index contributed by atoms with van der Waals surface area (Å²) in [6.45, 7) is 0. The molecule has 0 bridgehead atoms. The van der Waals surface area contributed by atoms with E-state index in [2.05, 4.69) is 5.32 Å². The number of phenolic OH excluding ortho intramolecular Hbond substituents is 1. The van der Waals surface area contributed by atoms with Gasteiger partial charge in [-0.15, -0.1) is 0 Å². The first-order valence-corrected chi connectivity index (χ1v) is 6.08. The van der Waals surface area contributed by atoms with Crippen LogP contribution in [0.3, 0.4) is 0 Å². The fourth-order valence-corrected chi connectivity index (χ4v) is 1.97. The molecule has 0 heterocycles. The summed E-state index contributed by atoms with van der Waals surface area (Å²) in [7, 11) is 0. The van der Waals surface area contributed by atoms with Crippen LogP contribution in [0.2, 0.25) is 5.02 Å². The van der Waals surface area contributed by atoms with E-state index in [1.165, 1.54) is 6.07 Å². The Bertz CT molecular complexity index is 628. The fraction of sp³-hybridized carbons (Fsp3) is 0.0714. The summed E-state index contributed by atoms with van der Waals surface area (Å²) in [5.41, 5.74) is 0.500. The Labute approximate surface area is 119 Å². The zero-order valence-corrected chi connectivity index (χ0v) is 10.9. The van der Waals surface area contributed by atoms with Gasteiger partial charge in [-0.3, -0.25) is 0 Å². The van der Waals surface area contributed by atoms with Gasteiger partial charge in [0.05, 0.1) is 10.7 Å². The third-order valence-electron chi connectivity index (χ3n) is 2.66. The van der Waals surface area contributed by atoms with Crippen molar-refractivity contribution in [3.05, 3.63) is 58.9 Å². The lowest BCUT2D eigenvalue weighted by Crippen LogP contribution is -2.20. The van der Waals surface area contributed by atoms with Gasteiger partial charge in [0.1, 0.15) is 11.6 Å². The van der Waals surface area contributed by atoms with Crippen molar-refractivity contribution in [1.29, 1.82) is 0 Å². The molecular weight excluding hydrogens is 285 g/mol. The summed E-state index contributed by atoms with van der Waals surface area (Å²) >= 11 is 5.94. The Balaban J connectivity index is 2.37. The van der Waals surface area contributed by atoms with Crippen molar-refractivity contribution in [2.75, 3.05) is 5.32 Å². The van der Waals surface area contributed by atoms with E-state index in [0.29, 0.717) is 10.7 Å². The normalized spacial score (nSPS) is 11.9. The molecule has 0 fully saturated rings. The summed E-state index contributed by atoms with van der Waals surface area (Å²) in [4.78, 5) is 11.3. The molecule has 0 aromatic heterocycles. The number of halogens is 2. The topological polar surface area (TPSA) is 69.6 Å². The lowest BCUT2D eigenvalue weighted by molar-refractivity contribution is -0.138. The number of aliphatic carboxylic acids is 1. The number of para-hydroxylation sites is 1. The molecule has 6 heteroatoms. The SMILES string of the molecule is O=C(O)C(Nc1ccccc1Cl)c1cc(O)cc(F)c1. The molecule has 0 aliphatic heterocycles. The van der Waals surface area contributed by atoms with E-state index >= 15 is 0 Å². The number of carbonyl (C=O) groups is 1. The molecule has 104 valence electrons. The molecule has 3 N–H and O–H groups in total. The maximum atomic E-state index is 13.3. The Morgan fingerprint density at radius 1 is 1.25 bits per heavy atom. The fourth-order valence-electron chi connectivity index (χ4n) is 1.78. The highest BCUT2D eigenvalue weighted by Gasteiger charge is 2.21. The van der Waals surface area contributed by atoms with Crippen LogP contribution in [0.1, 0.15) is 11.6 Å². The van der Waals surface area contributed by atoms with E-state index in [1.807, 2.05) is 0 Å². The largest absolute Gasteiger partial charge is 0.508 e. The number of hydrogen-bond acceptors (Lipinski definition) is 3. The highest BCUT2D eigenvalue weighted by molar-refractivity contribution is 6.33. The monoisotopic (exact) mass is 295 g/mol. The Hall–Kier alpha value is -2.27. The predicted molar refractivity (Wildman–Crippen MR) is 73.5 cm³/mol. The smallest absolute Gasteiger partial charge is 0.330 e. The predicted octanol–water partition coefficient (Wildman–Crippen LogP) is 3.42. The summed E-state index contributed by atoms with van der Waals surface area (Å²) in [5.74, 6) is -2.27. The molecule has 4 nitrogen and oxygen atoms in total. The first kappa shape index (κ1) is 14.1. The summed E-state index contributed by atoms with van der Waals surface area (Å²) < 4.78 is 13.3. The van der Waals surface area contributed by atoms with Crippen molar-refractivity contribution in [2.24, 2.45) is 0 Å². The Kier molecular flexibility index (Phi) is 4.10. The van der Waals surface area contributed by atoms with Gasteiger partial charge in [-0.1, -0.05) is 23.7 Å². The van der Waals surface area contributed by atoms with Crippen LogP contribution in [-0.2, 0) is 4.79 Å². The van der Waals surface area contributed by atoms with Gasteiger partial charge in [-0.05, 0) is 29.8 Å². The molecule has 1 unspecified atom stereocenters. The molecule has 0 amide bonds. The first-order valence-electron chi connectivity index (χ1n) is 5.70. The molecule has 2 aromatic rings. The first-order chi connectivity index (χ1) is 9.47. The second kappa shape index (κ2) is 5.79. The second-order valence-corrected chi connectivity index (χ2v) is 4.55. The zero-order valence-electron chi connectivity index (χ0n) is 10.2. The van der Waals surface area contributed by atoms with Gasteiger partial charge < -0.3 is 15.5 Å². The average molecular weight is 296 g/mol. The average Bonchev–Trinajstić information content (AvgIpc) is 2.36. The molecule has 0 spiro atoms. The van der Waals surface area contributed by atoms with Gasteiger partial charge in [0, 0.05) is 6.07 Å². The summed E-state index contributed by atoms with van der Waals surface area (Å²) in [5, 5.41) is 21.7. The maximum absolute atomic E-state index is 13.3. The van der Waals surface area contributed by atoms with Crippen LogP contribution in [-0.4, -0.2) is 16.2 Å². The van der Waals surface area contributed by atoms with E-state index in [9.17, 15) is 19.4 Å². The molecule has 0 aliphatic carbocycles. The van der Waals surface area contributed by atoms with E-state index in [4.69, 9.17) is 11.6 Å². The molecule has 20 heavy (non-hydrogen) atoms. The van der Waals surface area contributed by atoms with Crippen molar-refractivity contribution in [3.63, 3.8) is 0 Å². The zero-order chi connectivity index (χ0) is 14.7. The Morgan fingerprint density at radius 3 is 2.55 bits per heavy atom. The van der Waals surface area contributed by atoms with Crippen molar-refractivity contribution in [2.45, 2.75) is 6.04 Å². The van der Waals surface area contributed by atoms with Crippen LogP contribution in [0.25, 0.3) is 0 Å². The Morgan fingerprint density at radius 2 is 1.95 bits per heavy atom. The number of hydrogen-bond donors (Lipinski definition) is 3. The number of carboxylic acid groups (broad SMARTS) is 1. The number of nitrogens with one attached hydrogen (secondary N) is 1. The van der Waals surface area contributed by atoms with Crippen molar-refractivity contribution in [1.82, 2.24) is 0 Å². The highest BCUT2D eigenvalue weighted by Crippen LogP contribution is 2.28. The highest BCUT2D eigenvalue weighted by atomic mass is 35.5. The minimum absolute atomic E-state index is 0.0925. The number of phenols is 1. The van der Waals surface area contributed by atoms with Gasteiger partial charge in [0.2, 0.25) is 0 Å². The second-order valence-electron chi connectivity index (χ2n) is 4.14. The molecule has 1 atom stereocenters. The van der Waals surface area contributed by atoms with Crippen LogP contribution >= 0.6 is 11.6 Å². The molecule has 2 aromatic carbocycles. The van der Waals surface area contributed by atoms with Gasteiger partial charge in [0.25, 0.3) is 0 Å². The van der Waals surface area contributed by atoms with Crippen LogP contribution in [0.5, 0.6) is 5.75 Å². The van der Waals surface area contributed by atoms with E-state index in [-0.39, 0.29) is 11.3 Å². The van der Waals surface area contributed by atoms with Crippen LogP contribution in [0.15, 0.2) is 42.5 Å². The van der Waals surface area contributed by atoms with Gasteiger partial charge in [-0.2, -0.15) is 0 Å². The lowest BCUT2D eigenvalue weighted by Gasteiger charge is -2.17. The minimum Gasteiger partial charge on any atom is -0.508 e. The summed E-state index contributed by atoms with van der Waals surface area (Å²) in [6.07, 6.45) is 0. The number of carboxylic acids is 1. The van der Waals surface area contributed by atoms with Crippen LogP contribution in [0.4, 0.5) is 10.1 Å². The molecular formula is C14H11ClFNO3. The summed E-state index contributed by atoms with van der Waals surface area (Å²) in [6, 6.07) is 8.51. The third kappa shape index (κ3) is 3.19. The number of rotatable bonds is 4. The van der Waals surface area contributed by atoms with Crippen molar-refractivity contribution >= 4 is 23.3 Å². The quantitative estimate of drug-likeness (QED) is 0.808. The maximum Gasteiger partial charge on any atom is 0.330 e. The molecule has 2 rings (SSSR count). The van der Waals surface area contributed by atoms with Crippen molar-refractivity contribution < 1.29 is 19.4 Å². The minimum atomic E-state index is -1.23. The third-order valence-corrected chi connectivity index (χ3v) is 2.99. The van der Waals surface area contributed by atoms with Gasteiger partial charge in [0.15, 0.2) is 6.04 Å². The molecule has 0 aliphatic rings. The molecule has 0 saturated heterocycles. The van der Waals surface area contributed by atoms with Crippen LogP contribution < -0.4 is 5.32 Å². The number of benzene rings is 2.